The largest absolute Gasteiger partial charge is 0.496 e. The highest BCUT2D eigenvalue weighted by Crippen LogP contribution is 2.28. The van der Waals surface area contributed by atoms with Gasteiger partial charge in [-0.05, 0) is 13.0 Å². The van der Waals surface area contributed by atoms with Gasteiger partial charge in [0.25, 0.3) is 0 Å². The second-order valence-electron chi connectivity index (χ2n) is 5.08. The molecule has 8 nitrogen and oxygen atoms in total. The number of amides is 1. The molecule has 0 radical (unpaired) electrons. The summed E-state index contributed by atoms with van der Waals surface area (Å²) in [5.74, 6) is 0.496. The van der Waals surface area contributed by atoms with E-state index in [2.05, 4.69) is 5.10 Å². The number of rotatable bonds is 6. The van der Waals surface area contributed by atoms with Gasteiger partial charge in [-0.3, -0.25) is 19.6 Å². The molecule has 23 heavy (non-hydrogen) atoms. The van der Waals surface area contributed by atoms with E-state index in [-0.39, 0.29) is 24.2 Å². The topological polar surface area (TPSA) is 90.5 Å². The first-order valence-electron chi connectivity index (χ1n) is 6.99. The molecule has 0 aliphatic heterocycles. The summed E-state index contributed by atoms with van der Waals surface area (Å²) in [6.07, 6.45) is 2.36. The van der Waals surface area contributed by atoms with Crippen LogP contribution in [0.1, 0.15) is 18.5 Å². The number of benzene rings is 1. The molecule has 8 heteroatoms. The van der Waals surface area contributed by atoms with E-state index >= 15 is 0 Å². The maximum absolute atomic E-state index is 12.4. The Morgan fingerprint density at radius 1 is 1.48 bits per heavy atom. The Labute approximate surface area is 133 Å². The number of ether oxygens (including phenoxy) is 1. The van der Waals surface area contributed by atoms with Crippen molar-refractivity contribution >= 4 is 11.6 Å². The molecule has 1 atom stereocenters. The Balaban J connectivity index is 2.10. The van der Waals surface area contributed by atoms with E-state index in [4.69, 9.17) is 4.74 Å². The molecule has 1 heterocycles. The summed E-state index contributed by atoms with van der Waals surface area (Å²) in [7, 11) is 3.26. The van der Waals surface area contributed by atoms with Crippen LogP contribution in [0.3, 0.4) is 0 Å². The van der Waals surface area contributed by atoms with Crippen molar-refractivity contribution in [3.8, 4) is 5.75 Å². The lowest BCUT2D eigenvalue weighted by Gasteiger charge is -2.26. The number of nitro groups is 1. The molecule has 1 amide bonds. The third kappa shape index (κ3) is 3.65. The van der Waals surface area contributed by atoms with E-state index in [1.165, 1.54) is 10.9 Å². The van der Waals surface area contributed by atoms with Crippen molar-refractivity contribution in [3.63, 3.8) is 0 Å². The quantitative estimate of drug-likeness (QED) is 0.600. The number of methoxy groups -OCH3 is 1. The SMILES string of the molecule is COc1ccccc1[C@H](C)N(C)C(=O)Cn1cc([N+](=O)[O-])cn1. The Bertz CT molecular complexity index is 713. The van der Waals surface area contributed by atoms with Gasteiger partial charge in [-0.25, -0.2) is 0 Å². The number of nitrogens with zero attached hydrogens (tertiary/aromatic N) is 4. The van der Waals surface area contributed by atoms with E-state index in [1.807, 2.05) is 31.2 Å². The summed E-state index contributed by atoms with van der Waals surface area (Å²) in [6.45, 7) is 1.82. The van der Waals surface area contributed by atoms with E-state index in [1.54, 1.807) is 19.1 Å². The number of hydrogen-bond donors (Lipinski definition) is 0. The van der Waals surface area contributed by atoms with Crippen LogP contribution in [-0.4, -0.2) is 39.7 Å². The first kappa shape index (κ1) is 16.5. The number of likely N-dealkylation sites (N-methyl/N-ethyl adjacent to an activating group) is 1. The first-order valence-corrected chi connectivity index (χ1v) is 6.99. The van der Waals surface area contributed by atoms with Gasteiger partial charge >= 0.3 is 5.69 Å². The van der Waals surface area contributed by atoms with E-state index in [9.17, 15) is 14.9 Å². The predicted octanol–water partition coefficient (Wildman–Crippen LogP) is 2.02. The van der Waals surface area contributed by atoms with Gasteiger partial charge in [0.15, 0.2) is 0 Å². The fourth-order valence-corrected chi connectivity index (χ4v) is 2.22. The summed E-state index contributed by atoms with van der Waals surface area (Å²) < 4.78 is 6.57. The Morgan fingerprint density at radius 2 is 2.17 bits per heavy atom. The normalized spacial score (nSPS) is 11.8. The molecule has 2 rings (SSSR count). The lowest BCUT2D eigenvalue weighted by Crippen LogP contribution is -2.32. The molecule has 0 N–H and O–H groups in total. The minimum atomic E-state index is -0.546. The van der Waals surface area contributed by atoms with Crippen molar-refractivity contribution in [1.29, 1.82) is 0 Å². The molecule has 122 valence electrons. The van der Waals surface area contributed by atoms with Crippen LogP contribution in [0.2, 0.25) is 0 Å². The number of carbonyl (C=O) groups is 1. The molecule has 1 aromatic carbocycles. The van der Waals surface area contributed by atoms with Crippen LogP contribution < -0.4 is 4.74 Å². The monoisotopic (exact) mass is 318 g/mol. The third-order valence-electron chi connectivity index (χ3n) is 3.69. The molecule has 0 aliphatic rings. The third-order valence-corrected chi connectivity index (χ3v) is 3.69. The molecule has 0 spiro atoms. The van der Waals surface area contributed by atoms with Crippen LogP contribution in [0, 0.1) is 10.1 Å². The van der Waals surface area contributed by atoms with Gasteiger partial charge in [0.2, 0.25) is 5.91 Å². The van der Waals surface area contributed by atoms with Crippen LogP contribution >= 0.6 is 0 Å². The highest BCUT2D eigenvalue weighted by atomic mass is 16.6. The molecule has 2 aromatic rings. The Morgan fingerprint density at radius 3 is 2.78 bits per heavy atom. The molecule has 0 saturated heterocycles. The zero-order valence-electron chi connectivity index (χ0n) is 13.2. The van der Waals surface area contributed by atoms with Crippen molar-refractivity contribution in [2.75, 3.05) is 14.2 Å². The number of carbonyl (C=O) groups excluding carboxylic acids is 1. The molecular formula is C15H18N4O4. The van der Waals surface area contributed by atoms with E-state index in [0.29, 0.717) is 5.75 Å². The van der Waals surface area contributed by atoms with Crippen molar-refractivity contribution in [2.45, 2.75) is 19.5 Å². The fourth-order valence-electron chi connectivity index (χ4n) is 2.22. The van der Waals surface area contributed by atoms with Crippen molar-refractivity contribution < 1.29 is 14.5 Å². The van der Waals surface area contributed by atoms with Crippen LogP contribution in [0.15, 0.2) is 36.7 Å². The zero-order valence-corrected chi connectivity index (χ0v) is 13.2. The maximum atomic E-state index is 12.4. The van der Waals surface area contributed by atoms with Gasteiger partial charge in [-0.15, -0.1) is 0 Å². The highest BCUT2D eigenvalue weighted by Gasteiger charge is 2.21. The van der Waals surface area contributed by atoms with Gasteiger partial charge in [0, 0.05) is 12.6 Å². The Kier molecular flexibility index (Phi) is 4.95. The molecule has 0 bridgehead atoms. The summed E-state index contributed by atoms with van der Waals surface area (Å²) in [5, 5.41) is 14.5. The smallest absolute Gasteiger partial charge is 0.307 e. The standard InChI is InChI=1S/C15H18N4O4/c1-11(13-6-4-5-7-14(13)23-3)17(2)15(20)10-18-9-12(8-16-18)19(21)22/h4-9,11H,10H2,1-3H3/t11-/m0/s1. The van der Waals surface area contributed by atoms with E-state index in [0.717, 1.165) is 11.8 Å². The number of aromatic nitrogens is 2. The van der Waals surface area contributed by atoms with Gasteiger partial charge in [-0.2, -0.15) is 5.10 Å². The number of hydrogen-bond acceptors (Lipinski definition) is 5. The van der Waals surface area contributed by atoms with Crippen LogP contribution in [-0.2, 0) is 11.3 Å². The van der Waals surface area contributed by atoms with Gasteiger partial charge in [0.1, 0.15) is 24.7 Å². The Hall–Kier alpha value is -2.90. The second kappa shape index (κ2) is 6.91. The molecule has 0 unspecified atom stereocenters. The van der Waals surface area contributed by atoms with Crippen molar-refractivity contribution in [2.24, 2.45) is 0 Å². The highest BCUT2D eigenvalue weighted by molar-refractivity contribution is 5.76. The molecule has 0 saturated carbocycles. The number of para-hydroxylation sites is 1. The van der Waals surface area contributed by atoms with Crippen LogP contribution in [0.4, 0.5) is 5.69 Å². The molecule has 0 fully saturated rings. The van der Waals surface area contributed by atoms with Crippen molar-refractivity contribution in [1.82, 2.24) is 14.7 Å². The van der Waals surface area contributed by atoms with Gasteiger partial charge in [0.05, 0.1) is 18.1 Å². The van der Waals surface area contributed by atoms with Crippen LogP contribution in [0.25, 0.3) is 0 Å². The summed E-state index contributed by atoms with van der Waals surface area (Å²) in [4.78, 5) is 24.0. The summed E-state index contributed by atoms with van der Waals surface area (Å²) in [5.41, 5.74) is 0.746. The maximum Gasteiger partial charge on any atom is 0.307 e. The molecule has 0 aliphatic carbocycles. The van der Waals surface area contributed by atoms with Crippen molar-refractivity contribution in [3.05, 3.63) is 52.3 Å². The van der Waals surface area contributed by atoms with Gasteiger partial charge in [-0.1, -0.05) is 18.2 Å². The van der Waals surface area contributed by atoms with Gasteiger partial charge < -0.3 is 9.64 Å². The fraction of sp³-hybridized carbons (Fsp3) is 0.333. The summed E-state index contributed by atoms with van der Waals surface area (Å²) >= 11 is 0. The van der Waals surface area contributed by atoms with E-state index < -0.39 is 4.92 Å². The second-order valence-corrected chi connectivity index (χ2v) is 5.08. The zero-order chi connectivity index (χ0) is 17.0. The molecule has 1 aromatic heterocycles. The minimum absolute atomic E-state index is 0.0656. The molecular weight excluding hydrogens is 300 g/mol. The lowest BCUT2D eigenvalue weighted by atomic mass is 10.1. The first-order chi connectivity index (χ1) is 10.9. The average Bonchev–Trinajstić information content (AvgIpc) is 3.02. The predicted molar refractivity (Wildman–Crippen MR) is 83.1 cm³/mol. The summed E-state index contributed by atoms with van der Waals surface area (Å²) in [6, 6.07) is 7.26. The minimum Gasteiger partial charge on any atom is -0.496 e. The van der Waals surface area contributed by atoms with Crippen LogP contribution in [0.5, 0.6) is 5.75 Å². The lowest BCUT2D eigenvalue weighted by molar-refractivity contribution is -0.385. The average molecular weight is 318 g/mol.